The number of nitrogens with two attached hydrogens (primary N) is 1. The van der Waals surface area contributed by atoms with Crippen LogP contribution in [0.25, 0.3) is 0 Å². The summed E-state index contributed by atoms with van der Waals surface area (Å²) in [5, 5.41) is 0.594. The van der Waals surface area contributed by atoms with E-state index in [4.69, 9.17) is 10.5 Å². The lowest BCUT2D eigenvalue weighted by atomic mass is 10.2. The van der Waals surface area contributed by atoms with E-state index in [2.05, 4.69) is 6.92 Å². The van der Waals surface area contributed by atoms with E-state index in [1.807, 2.05) is 16.7 Å². The third-order valence-corrected chi connectivity index (χ3v) is 4.32. The fraction of sp³-hybridized carbons (Fsp3) is 0.909. The second-order valence-corrected chi connectivity index (χ2v) is 5.45. The Hall–Kier alpha value is -0.260. The molecule has 16 heavy (non-hydrogen) atoms. The Kier molecular flexibility index (Phi) is 6.16. The first-order chi connectivity index (χ1) is 7.71. The molecule has 1 aliphatic heterocycles. The Morgan fingerprint density at radius 2 is 2.44 bits per heavy atom. The molecule has 0 saturated carbocycles. The molecule has 0 aromatic heterocycles. The zero-order valence-corrected chi connectivity index (χ0v) is 11.0. The van der Waals surface area contributed by atoms with Gasteiger partial charge in [0.1, 0.15) is 0 Å². The predicted molar refractivity (Wildman–Crippen MR) is 67.6 cm³/mol. The summed E-state index contributed by atoms with van der Waals surface area (Å²) in [5.74, 6) is 1.22. The molecule has 94 valence electrons. The largest absolute Gasteiger partial charge is 0.380 e. The van der Waals surface area contributed by atoms with Crippen molar-refractivity contribution < 1.29 is 9.53 Å². The summed E-state index contributed by atoms with van der Waals surface area (Å²) < 4.78 is 5.14. The van der Waals surface area contributed by atoms with Crippen molar-refractivity contribution in [2.75, 3.05) is 32.5 Å². The monoisotopic (exact) mass is 246 g/mol. The first-order valence-corrected chi connectivity index (χ1v) is 6.88. The second kappa shape index (κ2) is 7.14. The molecule has 0 aromatic carbocycles. The van der Waals surface area contributed by atoms with Gasteiger partial charge in [0.25, 0.3) is 0 Å². The third kappa shape index (κ3) is 3.96. The summed E-state index contributed by atoms with van der Waals surface area (Å²) in [5.41, 5.74) is 5.51. The fourth-order valence-electron chi connectivity index (χ4n) is 1.78. The first-order valence-electron chi connectivity index (χ1n) is 5.83. The lowest BCUT2D eigenvalue weighted by Crippen LogP contribution is -2.43. The maximum absolute atomic E-state index is 12.0. The Bertz CT molecular complexity index is 222. The van der Waals surface area contributed by atoms with Crippen LogP contribution in [0.4, 0.5) is 0 Å². The maximum Gasteiger partial charge on any atom is 0.225 e. The van der Waals surface area contributed by atoms with Gasteiger partial charge in [-0.05, 0) is 6.42 Å². The molecule has 0 aromatic rings. The van der Waals surface area contributed by atoms with E-state index in [9.17, 15) is 4.79 Å². The number of ether oxygens (including phenoxy) is 1. The lowest BCUT2D eigenvalue weighted by molar-refractivity contribution is -0.133. The molecule has 2 atom stereocenters. The van der Waals surface area contributed by atoms with Gasteiger partial charge in [0.05, 0.1) is 12.5 Å². The summed E-state index contributed by atoms with van der Waals surface area (Å²) in [6.45, 7) is 4.31. The average molecular weight is 246 g/mol. The van der Waals surface area contributed by atoms with Crippen LogP contribution in [0.5, 0.6) is 0 Å². The van der Waals surface area contributed by atoms with Gasteiger partial charge in [-0.1, -0.05) is 6.92 Å². The van der Waals surface area contributed by atoms with Gasteiger partial charge in [-0.3, -0.25) is 4.79 Å². The van der Waals surface area contributed by atoms with Crippen molar-refractivity contribution in [3.05, 3.63) is 0 Å². The third-order valence-electron chi connectivity index (χ3n) is 2.95. The van der Waals surface area contributed by atoms with Crippen molar-refractivity contribution in [3.63, 3.8) is 0 Å². The molecule has 0 spiro atoms. The number of hydrogen-bond donors (Lipinski definition) is 1. The van der Waals surface area contributed by atoms with E-state index in [1.54, 1.807) is 7.11 Å². The molecule has 2 N–H and O–H groups in total. The standard InChI is InChI=1S/C11H22N2O2S/c1-3-10-8-13(4-5-16-10)11(14)6-9(7-12)15-2/h9-10H,3-8,12H2,1-2H3. The summed E-state index contributed by atoms with van der Waals surface area (Å²) >= 11 is 1.96. The molecule has 1 rings (SSSR count). The predicted octanol–water partition coefficient (Wildman–Crippen LogP) is 0.704. The number of amides is 1. The lowest BCUT2D eigenvalue weighted by Gasteiger charge is -2.32. The summed E-state index contributed by atoms with van der Waals surface area (Å²) in [6.07, 6.45) is 1.40. The van der Waals surface area contributed by atoms with Crippen molar-refractivity contribution in [1.82, 2.24) is 4.90 Å². The highest BCUT2D eigenvalue weighted by molar-refractivity contribution is 8.00. The minimum absolute atomic E-state index is 0.137. The van der Waals surface area contributed by atoms with Gasteiger partial charge in [-0.2, -0.15) is 11.8 Å². The van der Waals surface area contributed by atoms with Gasteiger partial charge in [0, 0.05) is 37.7 Å². The molecule has 5 heteroatoms. The van der Waals surface area contributed by atoms with Crippen LogP contribution in [-0.4, -0.2) is 54.7 Å². The number of thioether (sulfide) groups is 1. The maximum atomic E-state index is 12.0. The number of nitrogens with zero attached hydrogens (tertiary/aromatic N) is 1. The Morgan fingerprint density at radius 1 is 1.69 bits per heavy atom. The molecular weight excluding hydrogens is 224 g/mol. The van der Waals surface area contributed by atoms with E-state index < -0.39 is 0 Å². The van der Waals surface area contributed by atoms with Crippen LogP contribution in [0.15, 0.2) is 0 Å². The summed E-state index contributed by atoms with van der Waals surface area (Å²) in [6, 6.07) is 0. The Morgan fingerprint density at radius 3 is 3.00 bits per heavy atom. The molecular formula is C11H22N2O2S. The zero-order valence-electron chi connectivity index (χ0n) is 10.1. The van der Waals surface area contributed by atoms with Crippen LogP contribution in [-0.2, 0) is 9.53 Å². The van der Waals surface area contributed by atoms with Crippen LogP contribution >= 0.6 is 11.8 Å². The van der Waals surface area contributed by atoms with E-state index in [1.165, 1.54) is 0 Å². The minimum Gasteiger partial charge on any atom is -0.380 e. The summed E-state index contributed by atoms with van der Waals surface area (Å²) in [4.78, 5) is 13.9. The van der Waals surface area contributed by atoms with Gasteiger partial charge < -0.3 is 15.4 Å². The van der Waals surface area contributed by atoms with Crippen LogP contribution in [0.3, 0.4) is 0 Å². The SMILES string of the molecule is CCC1CN(C(=O)CC(CN)OC)CCS1. The number of hydrogen-bond acceptors (Lipinski definition) is 4. The number of carbonyl (C=O) groups excluding carboxylic acids is 1. The number of methoxy groups -OCH3 is 1. The Labute approximate surface area is 102 Å². The molecule has 0 aliphatic carbocycles. The Balaban J connectivity index is 2.40. The molecule has 1 amide bonds. The molecule has 1 fully saturated rings. The second-order valence-electron chi connectivity index (χ2n) is 4.04. The molecule has 1 heterocycles. The fourth-order valence-corrected chi connectivity index (χ4v) is 2.96. The van der Waals surface area contributed by atoms with Crippen LogP contribution in [0.1, 0.15) is 19.8 Å². The molecule has 0 radical (unpaired) electrons. The highest BCUT2D eigenvalue weighted by Gasteiger charge is 2.24. The highest BCUT2D eigenvalue weighted by atomic mass is 32.2. The molecule has 0 bridgehead atoms. The van der Waals surface area contributed by atoms with Gasteiger partial charge in [0.2, 0.25) is 5.91 Å². The highest BCUT2D eigenvalue weighted by Crippen LogP contribution is 2.21. The van der Waals surface area contributed by atoms with E-state index in [0.29, 0.717) is 18.2 Å². The summed E-state index contributed by atoms with van der Waals surface area (Å²) in [7, 11) is 1.60. The van der Waals surface area contributed by atoms with Crippen molar-refractivity contribution >= 4 is 17.7 Å². The quantitative estimate of drug-likeness (QED) is 0.776. The number of rotatable bonds is 5. The van der Waals surface area contributed by atoms with Gasteiger partial charge >= 0.3 is 0 Å². The molecule has 1 saturated heterocycles. The van der Waals surface area contributed by atoms with E-state index in [0.717, 1.165) is 25.3 Å². The smallest absolute Gasteiger partial charge is 0.225 e. The normalized spacial score (nSPS) is 23.2. The van der Waals surface area contributed by atoms with Crippen molar-refractivity contribution in [2.45, 2.75) is 31.1 Å². The number of carbonyl (C=O) groups is 1. The van der Waals surface area contributed by atoms with E-state index >= 15 is 0 Å². The molecule has 2 unspecified atom stereocenters. The van der Waals surface area contributed by atoms with Crippen molar-refractivity contribution in [3.8, 4) is 0 Å². The molecule has 4 nitrogen and oxygen atoms in total. The van der Waals surface area contributed by atoms with Crippen molar-refractivity contribution in [1.29, 1.82) is 0 Å². The minimum atomic E-state index is -0.137. The van der Waals surface area contributed by atoms with Crippen LogP contribution < -0.4 is 5.73 Å². The average Bonchev–Trinajstić information content (AvgIpc) is 2.35. The molecule has 1 aliphatic rings. The van der Waals surface area contributed by atoms with Crippen LogP contribution in [0.2, 0.25) is 0 Å². The first kappa shape index (κ1) is 13.8. The van der Waals surface area contributed by atoms with Gasteiger partial charge in [-0.25, -0.2) is 0 Å². The van der Waals surface area contributed by atoms with Crippen LogP contribution in [0, 0.1) is 0 Å². The zero-order chi connectivity index (χ0) is 12.0. The van der Waals surface area contributed by atoms with Crippen molar-refractivity contribution in [2.24, 2.45) is 5.73 Å². The topological polar surface area (TPSA) is 55.6 Å². The van der Waals surface area contributed by atoms with Gasteiger partial charge in [-0.15, -0.1) is 0 Å². The van der Waals surface area contributed by atoms with Gasteiger partial charge in [0.15, 0.2) is 0 Å². The van der Waals surface area contributed by atoms with E-state index in [-0.39, 0.29) is 12.0 Å².